The number of piperidine rings is 1. The SMILES string of the molecule is O=C(Cc1ccsc1)N1CCCC(N2CCNCC2=O)C1. The number of carbonyl (C=O) groups is 2. The molecule has 2 saturated heterocycles. The molecule has 0 bridgehead atoms. The third-order valence-electron chi connectivity index (χ3n) is 4.25. The molecular formula is C15H21N3O2S. The standard InChI is InChI=1S/C15H21N3O2S/c19-14(8-12-3-7-21-11-12)17-5-1-2-13(10-17)18-6-4-16-9-15(18)20/h3,7,11,13,16H,1-2,4-6,8-10H2. The van der Waals surface area contributed by atoms with Gasteiger partial charge in [0.2, 0.25) is 11.8 Å². The molecule has 0 spiro atoms. The minimum atomic E-state index is 0.165. The summed E-state index contributed by atoms with van der Waals surface area (Å²) in [4.78, 5) is 28.3. The highest BCUT2D eigenvalue weighted by atomic mass is 32.1. The average molecular weight is 307 g/mol. The first-order valence-electron chi connectivity index (χ1n) is 7.53. The van der Waals surface area contributed by atoms with E-state index in [4.69, 9.17) is 0 Å². The Kier molecular flexibility index (Phi) is 4.55. The molecule has 3 rings (SSSR count). The fourth-order valence-corrected chi connectivity index (χ4v) is 3.79. The number of piperazine rings is 1. The van der Waals surface area contributed by atoms with Crippen LogP contribution < -0.4 is 5.32 Å². The van der Waals surface area contributed by atoms with Gasteiger partial charge < -0.3 is 15.1 Å². The summed E-state index contributed by atoms with van der Waals surface area (Å²) in [5, 5.41) is 7.12. The number of nitrogens with one attached hydrogen (secondary N) is 1. The van der Waals surface area contributed by atoms with Gasteiger partial charge in [-0.2, -0.15) is 11.3 Å². The van der Waals surface area contributed by atoms with Crippen LogP contribution in [0.15, 0.2) is 16.8 Å². The number of carbonyl (C=O) groups excluding carboxylic acids is 2. The van der Waals surface area contributed by atoms with Gasteiger partial charge in [0, 0.05) is 32.2 Å². The van der Waals surface area contributed by atoms with Crippen LogP contribution in [0.3, 0.4) is 0 Å². The second kappa shape index (κ2) is 6.58. The lowest BCUT2D eigenvalue weighted by molar-refractivity contribution is -0.140. The van der Waals surface area contributed by atoms with Crippen molar-refractivity contribution in [2.24, 2.45) is 0 Å². The van der Waals surface area contributed by atoms with Gasteiger partial charge in [-0.15, -0.1) is 0 Å². The minimum Gasteiger partial charge on any atom is -0.340 e. The summed E-state index contributed by atoms with van der Waals surface area (Å²) in [6.45, 7) is 3.55. The van der Waals surface area contributed by atoms with E-state index in [1.54, 1.807) is 11.3 Å². The van der Waals surface area contributed by atoms with Crippen molar-refractivity contribution in [3.8, 4) is 0 Å². The molecule has 114 valence electrons. The zero-order chi connectivity index (χ0) is 14.7. The van der Waals surface area contributed by atoms with Crippen molar-refractivity contribution >= 4 is 23.2 Å². The minimum absolute atomic E-state index is 0.165. The van der Waals surface area contributed by atoms with Crippen molar-refractivity contribution < 1.29 is 9.59 Å². The van der Waals surface area contributed by atoms with Gasteiger partial charge in [-0.1, -0.05) is 0 Å². The maximum absolute atomic E-state index is 12.4. The Morgan fingerprint density at radius 3 is 3.10 bits per heavy atom. The van der Waals surface area contributed by atoms with Crippen molar-refractivity contribution in [1.29, 1.82) is 0 Å². The van der Waals surface area contributed by atoms with Gasteiger partial charge in [-0.05, 0) is 35.2 Å². The summed E-state index contributed by atoms with van der Waals surface area (Å²) in [7, 11) is 0. The van der Waals surface area contributed by atoms with Gasteiger partial charge in [-0.3, -0.25) is 9.59 Å². The van der Waals surface area contributed by atoms with Crippen molar-refractivity contribution in [3.05, 3.63) is 22.4 Å². The van der Waals surface area contributed by atoms with E-state index in [1.807, 2.05) is 26.6 Å². The van der Waals surface area contributed by atoms with Crippen LogP contribution in [-0.2, 0) is 16.0 Å². The topological polar surface area (TPSA) is 52.7 Å². The van der Waals surface area contributed by atoms with Crippen LogP contribution in [0, 0.1) is 0 Å². The van der Waals surface area contributed by atoms with Crippen LogP contribution in [0.2, 0.25) is 0 Å². The summed E-state index contributed by atoms with van der Waals surface area (Å²) < 4.78 is 0. The van der Waals surface area contributed by atoms with Crippen molar-refractivity contribution in [3.63, 3.8) is 0 Å². The normalized spacial score (nSPS) is 23.4. The molecule has 1 atom stereocenters. The molecule has 0 aromatic carbocycles. The Balaban J connectivity index is 1.59. The lowest BCUT2D eigenvalue weighted by Gasteiger charge is -2.41. The average Bonchev–Trinajstić information content (AvgIpc) is 3.01. The lowest BCUT2D eigenvalue weighted by atomic mass is 10.0. The van der Waals surface area contributed by atoms with E-state index < -0.39 is 0 Å². The van der Waals surface area contributed by atoms with E-state index in [-0.39, 0.29) is 17.9 Å². The Bertz CT molecular complexity index is 503. The summed E-state index contributed by atoms with van der Waals surface area (Å²) in [5.74, 6) is 0.346. The van der Waals surface area contributed by atoms with E-state index in [0.29, 0.717) is 19.5 Å². The number of amides is 2. The molecule has 2 aliphatic heterocycles. The van der Waals surface area contributed by atoms with Gasteiger partial charge in [-0.25, -0.2) is 0 Å². The van der Waals surface area contributed by atoms with Crippen LogP contribution >= 0.6 is 11.3 Å². The second-order valence-electron chi connectivity index (χ2n) is 5.71. The Labute approximate surface area is 128 Å². The summed E-state index contributed by atoms with van der Waals surface area (Å²) in [5.41, 5.74) is 1.09. The molecule has 0 aliphatic carbocycles. The highest BCUT2D eigenvalue weighted by Gasteiger charge is 2.31. The number of nitrogens with zero attached hydrogens (tertiary/aromatic N) is 2. The fraction of sp³-hybridized carbons (Fsp3) is 0.600. The molecule has 21 heavy (non-hydrogen) atoms. The van der Waals surface area contributed by atoms with Crippen molar-refractivity contribution in [1.82, 2.24) is 15.1 Å². The first-order chi connectivity index (χ1) is 10.2. The van der Waals surface area contributed by atoms with E-state index in [1.165, 1.54) is 0 Å². The van der Waals surface area contributed by atoms with E-state index in [2.05, 4.69) is 5.32 Å². The molecule has 6 heteroatoms. The summed E-state index contributed by atoms with van der Waals surface area (Å²) in [6, 6.07) is 2.20. The molecule has 2 amide bonds. The Morgan fingerprint density at radius 2 is 2.33 bits per heavy atom. The predicted octanol–water partition coefficient (Wildman–Crippen LogP) is 0.713. The maximum Gasteiger partial charge on any atom is 0.236 e. The smallest absolute Gasteiger partial charge is 0.236 e. The largest absolute Gasteiger partial charge is 0.340 e. The first kappa shape index (κ1) is 14.5. The Morgan fingerprint density at radius 1 is 1.43 bits per heavy atom. The number of likely N-dealkylation sites (tertiary alicyclic amines) is 1. The van der Waals surface area contributed by atoms with E-state index in [9.17, 15) is 9.59 Å². The van der Waals surface area contributed by atoms with Crippen LogP contribution in [0.25, 0.3) is 0 Å². The van der Waals surface area contributed by atoms with Gasteiger partial charge >= 0.3 is 0 Å². The molecule has 2 fully saturated rings. The second-order valence-corrected chi connectivity index (χ2v) is 6.49. The molecule has 3 heterocycles. The number of hydrogen-bond donors (Lipinski definition) is 1. The number of hydrogen-bond acceptors (Lipinski definition) is 4. The first-order valence-corrected chi connectivity index (χ1v) is 8.47. The van der Waals surface area contributed by atoms with Crippen LogP contribution in [0.5, 0.6) is 0 Å². The molecule has 1 aromatic rings. The van der Waals surface area contributed by atoms with Crippen molar-refractivity contribution in [2.45, 2.75) is 25.3 Å². The summed E-state index contributed by atoms with van der Waals surface area (Å²) in [6.07, 6.45) is 2.47. The van der Waals surface area contributed by atoms with Crippen LogP contribution in [-0.4, -0.2) is 60.4 Å². The van der Waals surface area contributed by atoms with E-state index in [0.717, 1.165) is 38.0 Å². The molecule has 1 aromatic heterocycles. The van der Waals surface area contributed by atoms with Crippen LogP contribution in [0.1, 0.15) is 18.4 Å². The predicted molar refractivity (Wildman–Crippen MR) is 82.2 cm³/mol. The monoisotopic (exact) mass is 307 g/mol. The highest BCUT2D eigenvalue weighted by molar-refractivity contribution is 7.07. The highest BCUT2D eigenvalue weighted by Crippen LogP contribution is 2.18. The molecule has 5 nitrogen and oxygen atoms in total. The number of thiophene rings is 1. The van der Waals surface area contributed by atoms with Gasteiger partial charge in [0.25, 0.3) is 0 Å². The molecule has 0 saturated carbocycles. The lowest BCUT2D eigenvalue weighted by Crippen LogP contribution is -2.57. The van der Waals surface area contributed by atoms with Gasteiger partial charge in [0.1, 0.15) is 0 Å². The molecule has 0 radical (unpaired) electrons. The van der Waals surface area contributed by atoms with Gasteiger partial charge in [0.05, 0.1) is 13.0 Å². The Hall–Kier alpha value is -1.40. The number of rotatable bonds is 3. The molecule has 2 aliphatic rings. The molecule has 1 unspecified atom stereocenters. The maximum atomic E-state index is 12.4. The van der Waals surface area contributed by atoms with Crippen LogP contribution in [0.4, 0.5) is 0 Å². The quantitative estimate of drug-likeness (QED) is 0.895. The fourth-order valence-electron chi connectivity index (χ4n) is 3.12. The van der Waals surface area contributed by atoms with Gasteiger partial charge in [0.15, 0.2) is 0 Å². The molecule has 1 N–H and O–H groups in total. The zero-order valence-electron chi connectivity index (χ0n) is 12.1. The zero-order valence-corrected chi connectivity index (χ0v) is 12.9. The van der Waals surface area contributed by atoms with E-state index >= 15 is 0 Å². The van der Waals surface area contributed by atoms with Crippen molar-refractivity contribution in [2.75, 3.05) is 32.7 Å². The third-order valence-corrected chi connectivity index (χ3v) is 4.98. The molecular weight excluding hydrogens is 286 g/mol. The summed E-state index contributed by atoms with van der Waals surface area (Å²) >= 11 is 1.62. The third kappa shape index (κ3) is 3.44.